The van der Waals surface area contributed by atoms with Crippen molar-refractivity contribution in [2.75, 3.05) is 13.6 Å². The van der Waals surface area contributed by atoms with Gasteiger partial charge in [0, 0.05) is 19.5 Å². The van der Waals surface area contributed by atoms with Gasteiger partial charge >= 0.3 is 5.97 Å². The quantitative estimate of drug-likeness (QED) is 0.343. The van der Waals surface area contributed by atoms with Gasteiger partial charge in [0.1, 0.15) is 5.75 Å². The maximum atomic E-state index is 13.5. The minimum absolute atomic E-state index is 0.0427. The molecule has 0 spiro atoms. The molecule has 1 saturated carbocycles. The Morgan fingerprint density at radius 3 is 2.44 bits per heavy atom. The van der Waals surface area contributed by atoms with E-state index in [1.54, 1.807) is 25.1 Å². The van der Waals surface area contributed by atoms with Gasteiger partial charge in [0.15, 0.2) is 9.75 Å². The molecule has 0 radical (unpaired) electrons. The number of carbonyl (C=O) groups is 5. The smallest absolute Gasteiger partial charge is 0.305 e. The Morgan fingerprint density at radius 2 is 1.81 bits per heavy atom. The van der Waals surface area contributed by atoms with Crippen LogP contribution in [0.25, 0.3) is 0 Å². The van der Waals surface area contributed by atoms with Crippen LogP contribution in [0.2, 0.25) is 0 Å². The molecule has 2 N–H and O–H groups in total. The number of rotatable bonds is 4. The summed E-state index contributed by atoms with van der Waals surface area (Å²) in [6, 6.07) is 4.76. The second-order valence-corrected chi connectivity index (χ2v) is 11.3. The van der Waals surface area contributed by atoms with Crippen molar-refractivity contribution in [3.63, 3.8) is 0 Å². The summed E-state index contributed by atoms with van der Waals surface area (Å²) in [7, 11) is 1.31. The highest BCUT2D eigenvalue weighted by Crippen LogP contribution is 2.65. The number of halogens is 2. The van der Waals surface area contributed by atoms with Crippen LogP contribution in [0, 0.1) is 24.7 Å². The van der Waals surface area contributed by atoms with Gasteiger partial charge in [0.2, 0.25) is 11.8 Å². The van der Waals surface area contributed by atoms with Crippen molar-refractivity contribution in [1.29, 1.82) is 0 Å². The first-order valence-electron chi connectivity index (χ1n) is 11.6. The second-order valence-electron chi connectivity index (χ2n) is 10.0. The van der Waals surface area contributed by atoms with Crippen LogP contribution in [-0.4, -0.2) is 73.0 Å². The molecular formula is C25H24Cl2N2O7. The third-order valence-electron chi connectivity index (χ3n) is 8.21. The normalized spacial score (nSPS) is 35.5. The number of aryl methyl sites for hydroxylation is 1. The molecule has 2 aliphatic carbocycles. The Labute approximate surface area is 216 Å². The van der Waals surface area contributed by atoms with Crippen LogP contribution in [0.15, 0.2) is 29.8 Å². The topological polar surface area (TPSA) is 132 Å². The van der Waals surface area contributed by atoms with Crippen LogP contribution >= 0.6 is 23.2 Å². The van der Waals surface area contributed by atoms with E-state index in [2.05, 4.69) is 0 Å². The van der Waals surface area contributed by atoms with Gasteiger partial charge in [-0.2, -0.15) is 0 Å². The number of carboxylic acids is 1. The Bertz CT molecular complexity index is 1280. The number of fused-ring (bicyclic) bond motifs is 4. The lowest BCUT2D eigenvalue weighted by molar-refractivity contribution is -0.143. The number of benzene rings is 1. The number of imide groups is 2. The number of likely N-dealkylation sites (tertiary alicyclic amines) is 2. The highest BCUT2D eigenvalue weighted by atomic mass is 35.5. The zero-order valence-corrected chi connectivity index (χ0v) is 21.0. The van der Waals surface area contributed by atoms with E-state index in [4.69, 9.17) is 28.3 Å². The van der Waals surface area contributed by atoms with Crippen molar-refractivity contribution >= 4 is 52.8 Å². The van der Waals surface area contributed by atoms with Gasteiger partial charge in [-0.3, -0.25) is 33.8 Å². The Balaban J connectivity index is 1.66. The van der Waals surface area contributed by atoms with Crippen LogP contribution < -0.4 is 0 Å². The number of amides is 4. The molecule has 0 unspecified atom stereocenters. The summed E-state index contributed by atoms with van der Waals surface area (Å²) in [6.45, 7) is 1.45. The van der Waals surface area contributed by atoms with E-state index in [1.807, 2.05) is 0 Å². The third-order valence-corrected chi connectivity index (χ3v) is 9.62. The van der Waals surface area contributed by atoms with Crippen molar-refractivity contribution in [3.8, 4) is 5.75 Å². The molecule has 9 nitrogen and oxygen atoms in total. The van der Waals surface area contributed by atoms with Gasteiger partial charge in [-0.05, 0) is 42.9 Å². The average molecular weight is 535 g/mol. The number of aliphatic carboxylic acids is 1. The average Bonchev–Trinajstić information content (AvgIpc) is 3.14. The number of phenolic OH excluding ortho intramolecular Hbond substituents is 1. The first-order valence-corrected chi connectivity index (χ1v) is 12.4. The molecule has 11 heteroatoms. The highest BCUT2D eigenvalue weighted by molar-refractivity contribution is 6.53. The number of hydrogen-bond acceptors (Lipinski definition) is 6. The first-order chi connectivity index (χ1) is 16.8. The van der Waals surface area contributed by atoms with E-state index in [0.717, 1.165) is 9.80 Å². The molecule has 1 aromatic rings. The molecule has 2 aliphatic heterocycles. The van der Waals surface area contributed by atoms with Crippen LogP contribution in [0.5, 0.6) is 5.75 Å². The number of nitrogens with zero attached hydrogens (tertiary/aromatic N) is 2. The van der Waals surface area contributed by atoms with E-state index >= 15 is 0 Å². The van der Waals surface area contributed by atoms with Crippen molar-refractivity contribution < 1.29 is 34.2 Å². The molecule has 0 bridgehead atoms. The largest absolute Gasteiger partial charge is 0.508 e. The molecule has 2 heterocycles. The number of aromatic hydroxyl groups is 1. The first kappa shape index (κ1) is 24.8. The number of alkyl halides is 2. The summed E-state index contributed by atoms with van der Waals surface area (Å²) >= 11 is 14.1. The zero-order valence-electron chi connectivity index (χ0n) is 19.5. The Hall–Kier alpha value is -2.91. The summed E-state index contributed by atoms with van der Waals surface area (Å²) < 4.78 is 0. The molecule has 5 rings (SSSR count). The highest BCUT2D eigenvalue weighted by Gasteiger charge is 2.75. The minimum atomic E-state index is -1.88. The predicted octanol–water partition coefficient (Wildman–Crippen LogP) is 2.16. The number of allylic oxidation sites excluding steroid dienone is 2. The summed E-state index contributed by atoms with van der Waals surface area (Å²) in [4.78, 5) is 62.5. The van der Waals surface area contributed by atoms with Gasteiger partial charge in [-0.15, -0.1) is 23.2 Å². The standard InChI is InChI=1S/C25H24Cl2N2O7/c1-11-9-12(3-6-16(11)30)19-13-4-5-14-18(21(34)29(20(14)33)8-7-17(31)32)15(13)10-24(26)22(35)28(2)23(36)25(19,24)27/h3-4,6,9,14-15,18-19,30H,5,7-8,10H2,1-2H3,(H,31,32)/t14-,15+,18-,19-,24+,25-/m0/s1. The molecule has 4 aliphatic rings. The van der Waals surface area contributed by atoms with Crippen molar-refractivity contribution in [2.24, 2.45) is 17.8 Å². The monoisotopic (exact) mass is 534 g/mol. The van der Waals surface area contributed by atoms with Crippen molar-refractivity contribution in [1.82, 2.24) is 9.80 Å². The summed E-state index contributed by atoms with van der Waals surface area (Å²) in [5.74, 6) is -6.49. The van der Waals surface area contributed by atoms with Crippen molar-refractivity contribution in [2.45, 2.75) is 41.9 Å². The lowest BCUT2D eigenvalue weighted by Gasteiger charge is -2.50. The molecule has 36 heavy (non-hydrogen) atoms. The predicted molar refractivity (Wildman–Crippen MR) is 127 cm³/mol. The third kappa shape index (κ3) is 3.05. The lowest BCUT2D eigenvalue weighted by atomic mass is 9.56. The van der Waals surface area contributed by atoms with Crippen LogP contribution in [-0.2, 0) is 24.0 Å². The number of carbonyl (C=O) groups excluding carboxylic acids is 4. The fourth-order valence-corrected chi connectivity index (χ4v) is 7.49. The number of phenols is 1. The fraction of sp³-hybridized carbons (Fsp3) is 0.480. The molecule has 0 aromatic heterocycles. The molecular weight excluding hydrogens is 511 g/mol. The van der Waals surface area contributed by atoms with Crippen LogP contribution in [0.4, 0.5) is 0 Å². The fourth-order valence-electron chi connectivity index (χ4n) is 6.47. The van der Waals surface area contributed by atoms with Gasteiger partial charge in [-0.25, -0.2) is 0 Å². The molecule has 6 atom stereocenters. The number of hydrogen-bond donors (Lipinski definition) is 2. The van der Waals surface area contributed by atoms with Crippen LogP contribution in [0.1, 0.15) is 36.3 Å². The summed E-state index contributed by atoms with van der Waals surface area (Å²) in [5, 5.41) is 19.1. The molecule has 3 fully saturated rings. The maximum Gasteiger partial charge on any atom is 0.305 e. The lowest BCUT2D eigenvalue weighted by Crippen LogP contribution is -2.60. The van der Waals surface area contributed by atoms with Gasteiger partial charge in [0.05, 0.1) is 18.3 Å². The van der Waals surface area contributed by atoms with E-state index < -0.39 is 63.0 Å². The second kappa shape index (κ2) is 8.05. The van der Waals surface area contributed by atoms with Gasteiger partial charge < -0.3 is 10.2 Å². The molecule has 4 amide bonds. The maximum absolute atomic E-state index is 13.5. The Kier molecular flexibility index (Phi) is 5.54. The summed E-state index contributed by atoms with van der Waals surface area (Å²) in [6.07, 6.45) is 1.51. The van der Waals surface area contributed by atoms with Crippen LogP contribution in [0.3, 0.4) is 0 Å². The van der Waals surface area contributed by atoms with Crippen molar-refractivity contribution in [3.05, 3.63) is 41.0 Å². The minimum Gasteiger partial charge on any atom is -0.508 e. The van der Waals surface area contributed by atoms with Gasteiger partial charge in [0.25, 0.3) is 11.8 Å². The summed E-state index contributed by atoms with van der Waals surface area (Å²) in [5.41, 5.74) is 1.72. The number of carboxylic acid groups (broad SMARTS) is 1. The van der Waals surface area contributed by atoms with Gasteiger partial charge in [-0.1, -0.05) is 23.8 Å². The van der Waals surface area contributed by atoms with E-state index in [9.17, 15) is 29.1 Å². The SMILES string of the molecule is Cc1cc([C@H]2C3=CC[C@@H]4C(=O)N(CCC(=O)O)C(=O)[C@@H]4[C@@H]3C[C@@]3(Cl)C(=O)N(C)C(=O)[C@@]23Cl)ccc1O. The van der Waals surface area contributed by atoms with E-state index in [1.165, 1.54) is 13.1 Å². The Morgan fingerprint density at radius 1 is 1.11 bits per heavy atom. The van der Waals surface area contributed by atoms with E-state index in [-0.39, 0.29) is 31.6 Å². The molecule has 1 aromatic carbocycles. The van der Waals surface area contributed by atoms with E-state index in [0.29, 0.717) is 16.7 Å². The zero-order chi connectivity index (χ0) is 26.3. The molecule has 2 saturated heterocycles. The molecule has 190 valence electrons.